The normalized spacial score (nSPS) is 11.8. The maximum Gasteiger partial charge on any atom is 0.330 e. The first-order valence-corrected chi connectivity index (χ1v) is 5.20. The zero-order valence-corrected chi connectivity index (χ0v) is 8.68. The van der Waals surface area contributed by atoms with Gasteiger partial charge in [-0.25, -0.2) is 4.79 Å². The number of nitrogens with zero attached hydrogens (tertiary/aromatic N) is 2. The topological polar surface area (TPSA) is 63.3 Å². The van der Waals surface area contributed by atoms with E-state index in [2.05, 4.69) is 9.97 Å². The van der Waals surface area contributed by atoms with E-state index < -0.39 is 0 Å². The van der Waals surface area contributed by atoms with E-state index in [0.29, 0.717) is 11.1 Å². The molecule has 5 heteroatoms. The summed E-state index contributed by atoms with van der Waals surface area (Å²) < 4.78 is 7.02. The molecular formula is C12H7N3O2. The Morgan fingerprint density at radius 3 is 3.24 bits per heavy atom. The molecule has 0 unspecified atom stereocenters. The van der Waals surface area contributed by atoms with Gasteiger partial charge in [-0.2, -0.15) is 0 Å². The molecule has 0 bridgehead atoms. The van der Waals surface area contributed by atoms with E-state index in [-0.39, 0.29) is 5.69 Å². The zero-order chi connectivity index (χ0) is 11.4. The average molecular weight is 225 g/mol. The van der Waals surface area contributed by atoms with Gasteiger partial charge in [0.2, 0.25) is 0 Å². The smallest absolute Gasteiger partial charge is 0.330 e. The van der Waals surface area contributed by atoms with Gasteiger partial charge in [-0.3, -0.25) is 9.38 Å². The van der Waals surface area contributed by atoms with Crippen molar-refractivity contribution in [1.82, 2.24) is 14.4 Å². The predicted molar refractivity (Wildman–Crippen MR) is 63.1 cm³/mol. The maximum atomic E-state index is 11.8. The number of benzene rings is 1. The van der Waals surface area contributed by atoms with Crippen LogP contribution >= 0.6 is 0 Å². The second-order valence-corrected chi connectivity index (χ2v) is 3.87. The third-order valence-corrected chi connectivity index (χ3v) is 2.94. The number of rotatable bonds is 0. The number of hydrogen-bond acceptors (Lipinski definition) is 3. The number of aromatic nitrogens is 3. The van der Waals surface area contributed by atoms with Crippen LogP contribution in [0.15, 0.2) is 46.1 Å². The third-order valence-electron chi connectivity index (χ3n) is 2.94. The van der Waals surface area contributed by atoms with E-state index in [1.54, 1.807) is 12.4 Å². The highest BCUT2D eigenvalue weighted by atomic mass is 16.3. The summed E-state index contributed by atoms with van der Waals surface area (Å²) in [6, 6.07) is 5.64. The Balaban J connectivity index is 2.58. The van der Waals surface area contributed by atoms with Crippen LogP contribution in [0.5, 0.6) is 0 Å². The lowest BCUT2D eigenvalue weighted by Crippen LogP contribution is -2.07. The van der Waals surface area contributed by atoms with Crippen molar-refractivity contribution in [2.45, 2.75) is 0 Å². The standard InChI is InChI=1S/C12H7N3O2/c16-12-14-8-6-13-7-2-1-3-9-10(7)11(8)15(12)4-5-17-9/h1-6H,(H,14,16). The Morgan fingerprint density at radius 1 is 1.35 bits per heavy atom. The van der Waals surface area contributed by atoms with Crippen LogP contribution in [0, 0.1) is 0 Å². The number of nitrogens with one attached hydrogen (secondary N) is 1. The largest absolute Gasteiger partial charge is 0.463 e. The summed E-state index contributed by atoms with van der Waals surface area (Å²) >= 11 is 0. The Bertz CT molecular complexity index is 914. The highest BCUT2D eigenvalue weighted by molar-refractivity contribution is 6.09. The van der Waals surface area contributed by atoms with Crippen molar-refractivity contribution >= 4 is 27.5 Å². The second-order valence-electron chi connectivity index (χ2n) is 3.87. The first kappa shape index (κ1) is 8.58. The van der Waals surface area contributed by atoms with Crippen molar-refractivity contribution in [3.05, 3.63) is 47.3 Å². The van der Waals surface area contributed by atoms with Crippen molar-refractivity contribution in [2.24, 2.45) is 0 Å². The molecule has 0 saturated heterocycles. The molecule has 4 rings (SSSR count). The highest BCUT2D eigenvalue weighted by Gasteiger charge is 2.11. The molecule has 0 atom stereocenters. The van der Waals surface area contributed by atoms with Gasteiger partial charge in [-0.15, -0.1) is 0 Å². The number of hydrogen-bond donors (Lipinski definition) is 1. The average Bonchev–Trinajstić information content (AvgIpc) is 2.55. The van der Waals surface area contributed by atoms with Gasteiger partial charge in [0.15, 0.2) is 0 Å². The van der Waals surface area contributed by atoms with Crippen LogP contribution in [0.2, 0.25) is 0 Å². The molecule has 0 amide bonds. The summed E-state index contributed by atoms with van der Waals surface area (Å²) in [7, 11) is 0. The van der Waals surface area contributed by atoms with Crippen LogP contribution in [0.4, 0.5) is 0 Å². The minimum absolute atomic E-state index is 0.189. The van der Waals surface area contributed by atoms with E-state index in [1.165, 1.54) is 10.7 Å². The zero-order valence-electron chi connectivity index (χ0n) is 8.68. The SMILES string of the molecule is O=c1[nH]c2cnc3cccc4occn1c2c34. The summed E-state index contributed by atoms with van der Waals surface area (Å²) in [5.41, 5.74) is 2.86. The summed E-state index contributed by atoms with van der Waals surface area (Å²) in [6.45, 7) is 0. The van der Waals surface area contributed by atoms with Gasteiger partial charge in [-0.1, -0.05) is 6.07 Å². The first-order valence-electron chi connectivity index (χ1n) is 5.20. The second kappa shape index (κ2) is 2.76. The fraction of sp³-hybridized carbons (Fsp3) is 0. The maximum absolute atomic E-state index is 11.8. The van der Waals surface area contributed by atoms with Gasteiger partial charge >= 0.3 is 5.69 Å². The number of H-pyrrole nitrogens is 1. The van der Waals surface area contributed by atoms with Crippen molar-refractivity contribution in [1.29, 1.82) is 0 Å². The molecule has 1 N–H and O–H groups in total. The summed E-state index contributed by atoms with van der Waals surface area (Å²) in [4.78, 5) is 18.8. The molecule has 0 aliphatic heterocycles. The highest BCUT2D eigenvalue weighted by Crippen LogP contribution is 2.25. The molecule has 17 heavy (non-hydrogen) atoms. The van der Waals surface area contributed by atoms with E-state index in [4.69, 9.17) is 4.42 Å². The molecule has 0 spiro atoms. The van der Waals surface area contributed by atoms with Crippen molar-refractivity contribution < 1.29 is 4.42 Å². The predicted octanol–water partition coefficient (Wildman–Crippen LogP) is 1.92. The Morgan fingerprint density at radius 2 is 2.29 bits per heavy atom. The lowest BCUT2D eigenvalue weighted by atomic mass is 10.2. The number of pyridine rings is 1. The van der Waals surface area contributed by atoms with Crippen LogP contribution in [0.3, 0.4) is 0 Å². The fourth-order valence-electron chi connectivity index (χ4n) is 2.22. The van der Waals surface area contributed by atoms with Crippen LogP contribution in [-0.2, 0) is 0 Å². The van der Waals surface area contributed by atoms with Crippen LogP contribution < -0.4 is 5.69 Å². The Labute approximate surface area is 94.3 Å². The van der Waals surface area contributed by atoms with Gasteiger partial charge in [-0.05, 0) is 12.1 Å². The third kappa shape index (κ3) is 0.977. The number of aromatic amines is 1. The quantitative estimate of drug-likeness (QED) is 0.497. The molecule has 0 radical (unpaired) electrons. The Kier molecular flexibility index (Phi) is 1.39. The molecule has 0 saturated carbocycles. The molecule has 5 nitrogen and oxygen atoms in total. The van der Waals surface area contributed by atoms with Crippen LogP contribution in [-0.4, -0.2) is 14.4 Å². The minimum Gasteiger partial charge on any atom is -0.463 e. The molecule has 0 aliphatic carbocycles. The molecule has 82 valence electrons. The van der Waals surface area contributed by atoms with Gasteiger partial charge in [0.25, 0.3) is 0 Å². The van der Waals surface area contributed by atoms with Gasteiger partial charge in [0.05, 0.1) is 28.1 Å². The molecule has 1 aromatic carbocycles. The summed E-state index contributed by atoms with van der Waals surface area (Å²) in [5.74, 6) is 0. The minimum atomic E-state index is -0.189. The number of imidazole rings is 1. The molecule has 3 aromatic heterocycles. The lowest BCUT2D eigenvalue weighted by molar-refractivity contribution is 0.604. The van der Waals surface area contributed by atoms with Crippen molar-refractivity contribution in [2.75, 3.05) is 0 Å². The van der Waals surface area contributed by atoms with E-state index in [0.717, 1.165) is 16.4 Å². The van der Waals surface area contributed by atoms with Crippen molar-refractivity contribution in [3.8, 4) is 0 Å². The van der Waals surface area contributed by atoms with Gasteiger partial charge in [0, 0.05) is 6.20 Å². The summed E-state index contributed by atoms with van der Waals surface area (Å²) in [5, 5.41) is 0.855. The molecule has 3 heterocycles. The molecule has 4 aromatic rings. The first-order chi connectivity index (χ1) is 8.34. The van der Waals surface area contributed by atoms with Gasteiger partial charge < -0.3 is 9.40 Å². The van der Waals surface area contributed by atoms with Crippen LogP contribution in [0.25, 0.3) is 27.5 Å². The molecular weight excluding hydrogens is 218 g/mol. The Hall–Kier alpha value is -2.56. The van der Waals surface area contributed by atoms with Gasteiger partial charge in [0.1, 0.15) is 11.8 Å². The summed E-state index contributed by atoms with van der Waals surface area (Å²) in [6.07, 6.45) is 4.78. The molecule has 0 aliphatic rings. The molecule has 0 fully saturated rings. The van der Waals surface area contributed by atoms with E-state index >= 15 is 0 Å². The van der Waals surface area contributed by atoms with E-state index in [9.17, 15) is 4.79 Å². The van der Waals surface area contributed by atoms with Crippen LogP contribution in [0.1, 0.15) is 0 Å². The lowest BCUT2D eigenvalue weighted by Gasteiger charge is -1.98. The van der Waals surface area contributed by atoms with Crippen molar-refractivity contribution in [3.63, 3.8) is 0 Å². The van der Waals surface area contributed by atoms with E-state index in [1.807, 2.05) is 18.2 Å². The monoisotopic (exact) mass is 225 g/mol. The fourth-order valence-corrected chi connectivity index (χ4v) is 2.22.